The average molecular weight is 252 g/mol. The predicted molar refractivity (Wildman–Crippen MR) is 64.5 cm³/mol. The van der Waals surface area contributed by atoms with Gasteiger partial charge in [0.2, 0.25) is 0 Å². The van der Waals surface area contributed by atoms with E-state index < -0.39 is 11.9 Å². The maximum atomic E-state index is 11.8. The van der Waals surface area contributed by atoms with Gasteiger partial charge in [-0.05, 0) is 37.1 Å². The van der Waals surface area contributed by atoms with Crippen molar-refractivity contribution in [3.8, 4) is 0 Å². The number of carbonyl (C=O) groups excluding carboxylic acids is 1. The number of carboxylic acids is 1. The Hall–Kier alpha value is -1.88. The van der Waals surface area contributed by atoms with E-state index in [1.54, 1.807) is 6.92 Å². The molecule has 0 aliphatic heterocycles. The molecule has 0 aliphatic carbocycles. The second-order valence-corrected chi connectivity index (χ2v) is 4.01. The van der Waals surface area contributed by atoms with E-state index in [9.17, 15) is 9.59 Å². The van der Waals surface area contributed by atoms with Crippen LogP contribution in [0.1, 0.15) is 46.5 Å². The van der Waals surface area contributed by atoms with Gasteiger partial charge in [-0.3, -0.25) is 0 Å². The van der Waals surface area contributed by atoms with Crippen LogP contribution in [0.2, 0.25) is 0 Å². The Balaban J connectivity index is 3.04. The highest BCUT2D eigenvalue weighted by atomic mass is 16.5. The first-order valence-electron chi connectivity index (χ1n) is 5.67. The van der Waals surface area contributed by atoms with Crippen LogP contribution in [0, 0.1) is 0 Å². The molecule has 1 atom stereocenters. The zero-order valence-electron chi connectivity index (χ0n) is 10.3. The highest BCUT2D eigenvalue weighted by molar-refractivity contribution is 5.95. The van der Waals surface area contributed by atoms with E-state index in [0.29, 0.717) is 12.0 Å². The molecule has 0 radical (unpaired) electrons. The van der Waals surface area contributed by atoms with E-state index in [4.69, 9.17) is 14.9 Å². The van der Waals surface area contributed by atoms with Gasteiger partial charge in [-0.15, -0.1) is 0 Å². The molecule has 5 nitrogen and oxygen atoms in total. The van der Waals surface area contributed by atoms with Crippen molar-refractivity contribution in [2.45, 2.75) is 33.0 Å². The molecule has 98 valence electrons. The minimum absolute atomic E-state index is 0.0438. The summed E-state index contributed by atoms with van der Waals surface area (Å²) in [6.07, 6.45) is 0.445. The van der Waals surface area contributed by atoms with Gasteiger partial charge in [0.1, 0.15) is 0 Å². The summed E-state index contributed by atoms with van der Waals surface area (Å²) in [6.45, 7) is 3.31. The summed E-state index contributed by atoms with van der Waals surface area (Å²) in [7, 11) is 0. The Kier molecular flexibility index (Phi) is 4.85. The summed E-state index contributed by atoms with van der Waals surface area (Å²) in [5, 5.41) is 17.9. The molecule has 1 aromatic rings. The highest BCUT2D eigenvalue weighted by Crippen LogP contribution is 2.13. The fraction of sp³-hybridized carbons (Fsp3) is 0.385. The van der Waals surface area contributed by atoms with E-state index in [0.717, 1.165) is 0 Å². The number of hydrogen-bond acceptors (Lipinski definition) is 4. The number of esters is 1. The third kappa shape index (κ3) is 3.56. The summed E-state index contributed by atoms with van der Waals surface area (Å²) in [5.74, 6) is -1.73. The molecule has 0 aromatic heterocycles. The molecular weight excluding hydrogens is 236 g/mol. The zero-order valence-corrected chi connectivity index (χ0v) is 10.3. The molecule has 5 heteroatoms. The van der Waals surface area contributed by atoms with E-state index in [1.807, 2.05) is 6.92 Å². The van der Waals surface area contributed by atoms with Gasteiger partial charge in [0, 0.05) is 0 Å². The number of ether oxygens (including phenoxy) is 1. The minimum Gasteiger partial charge on any atom is -0.478 e. The van der Waals surface area contributed by atoms with Crippen LogP contribution >= 0.6 is 0 Å². The first-order chi connectivity index (χ1) is 8.47. The number of hydrogen-bond donors (Lipinski definition) is 2. The molecule has 1 aromatic carbocycles. The number of aromatic carboxylic acids is 1. The number of carboxylic acid groups (broad SMARTS) is 1. The van der Waals surface area contributed by atoms with Crippen LogP contribution in [0.25, 0.3) is 0 Å². The maximum Gasteiger partial charge on any atom is 0.338 e. The van der Waals surface area contributed by atoms with Crippen LogP contribution in [-0.4, -0.2) is 28.3 Å². The smallest absolute Gasteiger partial charge is 0.338 e. The minimum atomic E-state index is -1.15. The molecule has 0 spiro atoms. The van der Waals surface area contributed by atoms with Crippen molar-refractivity contribution >= 4 is 11.9 Å². The molecule has 2 N–H and O–H groups in total. The zero-order chi connectivity index (χ0) is 13.7. The van der Waals surface area contributed by atoms with Gasteiger partial charge in [-0.25, -0.2) is 9.59 Å². The lowest BCUT2D eigenvalue weighted by Crippen LogP contribution is -2.15. The van der Waals surface area contributed by atoms with E-state index in [1.165, 1.54) is 18.2 Å². The van der Waals surface area contributed by atoms with Crippen molar-refractivity contribution in [2.75, 3.05) is 0 Å². The molecule has 1 rings (SSSR count). The second kappa shape index (κ2) is 6.16. The van der Waals surface area contributed by atoms with E-state index in [-0.39, 0.29) is 23.8 Å². The van der Waals surface area contributed by atoms with Crippen LogP contribution in [0.15, 0.2) is 18.2 Å². The molecule has 0 aliphatic rings. The number of aliphatic hydroxyl groups is 1. The van der Waals surface area contributed by atoms with Crippen LogP contribution in [-0.2, 0) is 11.3 Å². The third-order valence-corrected chi connectivity index (χ3v) is 2.54. The topological polar surface area (TPSA) is 83.8 Å². The molecule has 18 heavy (non-hydrogen) atoms. The van der Waals surface area contributed by atoms with Gasteiger partial charge in [-0.2, -0.15) is 0 Å². The fourth-order valence-corrected chi connectivity index (χ4v) is 1.36. The lowest BCUT2D eigenvalue weighted by molar-refractivity contribution is 0.0334. The maximum absolute atomic E-state index is 11.8. The monoisotopic (exact) mass is 252 g/mol. The third-order valence-electron chi connectivity index (χ3n) is 2.54. The summed E-state index contributed by atoms with van der Waals surface area (Å²) < 4.78 is 5.11. The molecule has 0 bridgehead atoms. The van der Waals surface area contributed by atoms with Crippen LogP contribution < -0.4 is 0 Å². The quantitative estimate of drug-likeness (QED) is 0.781. The van der Waals surface area contributed by atoms with Gasteiger partial charge < -0.3 is 14.9 Å². The first kappa shape index (κ1) is 14.2. The predicted octanol–water partition coefficient (Wildman–Crippen LogP) is 1.83. The van der Waals surface area contributed by atoms with Gasteiger partial charge in [-0.1, -0.05) is 6.92 Å². The highest BCUT2D eigenvalue weighted by Gasteiger charge is 2.15. The first-order valence-corrected chi connectivity index (χ1v) is 5.67. The molecule has 1 unspecified atom stereocenters. The van der Waals surface area contributed by atoms with Crippen molar-refractivity contribution in [1.82, 2.24) is 0 Å². The summed E-state index contributed by atoms with van der Waals surface area (Å²) in [5.41, 5.74) is 0.461. The van der Waals surface area contributed by atoms with Gasteiger partial charge in [0.15, 0.2) is 0 Å². The Morgan fingerprint density at radius 1 is 1.28 bits per heavy atom. The van der Waals surface area contributed by atoms with E-state index in [2.05, 4.69) is 0 Å². The number of rotatable bonds is 5. The van der Waals surface area contributed by atoms with Crippen molar-refractivity contribution in [2.24, 2.45) is 0 Å². The molecule has 0 fully saturated rings. The van der Waals surface area contributed by atoms with Gasteiger partial charge in [0.05, 0.1) is 23.8 Å². The fourth-order valence-electron chi connectivity index (χ4n) is 1.36. The Morgan fingerprint density at radius 3 is 2.39 bits per heavy atom. The standard InChI is InChI=1S/C13H16O5/c1-3-8(2)18-13(17)11-5-9(7-14)4-10(6-11)12(15)16/h4-6,8,14H,3,7H2,1-2H3,(H,15,16). The molecule has 0 heterocycles. The largest absolute Gasteiger partial charge is 0.478 e. The van der Waals surface area contributed by atoms with Crippen LogP contribution in [0.3, 0.4) is 0 Å². The van der Waals surface area contributed by atoms with Crippen LogP contribution in [0.5, 0.6) is 0 Å². The Morgan fingerprint density at radius 2 is 1.89 bits per heavy atom. The van der Waals surface area contributed by atoms with Crippen molar-refractivity contribution in [1.29, 1.82) is 0 Å². The van der Waals surface area contributed by atoms with Crippen LogP contribution in [0.4, 0.5) is 0 Å². The van der Waals surface area contributed by atoms with Gasteiger partial charge in [0.25, 0.3) is 0 Å². The lowest BCUT2D eigenvalue weighted by atomic mass is 10.1. The summed E-state index contributed by atoms with van der Waals surface area (Å²) in [4.78, 5) is 22.6. The van der Waals surface area contributed by atoms with Crippen molar-refractivity contribution < 1.29 is 24.5 Å². The SMILES string of the molecule is CCC(C)OC(=O)c1cc(CO)cc(C(=O)O)c1. The summed E-state index contributed by atoms with van der Waals surface area (Å²) in [6, 6.07) is 3.99. The number of aliphatic hydroxyl groups excluding tert-OH is 1. The second-order valence-electron chi connectivity index (χ2n) is 4.01. The average Bonchev–Trinajstić information content (AvgIpc) is 2.37. The normalized spacial score (nSPS) is 11.9. The molecule has 0 saturated carbocycles. The Labute approximate surface area is 105 Å². The molecule has 0 amide bonds. The van der Waals surface area contributed by atoms with Gasteiger partial charge >= 0.3 is 11.9 Å². The van der Waals surface area contributed by atoms with Crippen molar-refractivity contribution in [3.63, 3.8) is 0 Å². The van der Waals surface area contributed by atoms with E-state index >= 15 is 0 Å². The Bertz CT molecular complexity index is 453. The van der Waals surface area contributed by atoms with Crippen molar-refractivity contribution in [3.05, 3.63) is 34.9 Å². The molecule has 0 saturated heterocycles. The number of benzene rings is 1. The number of carbonyl (C=O) groups is 2. The summed E-state index contributed by atoms with van der Waals surface area (Å²) >= 11 is 0. The lowest BCUT2D eigenvalue weighted by Gasteiger charge is -2.11. The molecular formula is C13H16O5.